The van der Waals surface area contributed by atoms with Crippen molar-refractivity contribution in [3.63, 3.8) is 0 Å². The predicted octanol–water partition coefficient (Wildman–Crippen LogP) is 3.35. The van der Waals surface area contributed by atoms with Gasteiger partial charge < -0.3 is 19.5 Å². The Labute approximate surface area is 226 Å². The smallest absolute Gasteiger partial charge is 0.332 e. The fourth-order valence-corrected chi connectivity index (χ4v) is 4.49. The maximum Gasteiger partial charge on any atom is 0.332 e. The highest BCUT2D eigenvalue weighted by atomic mass is 16.5. The zero-order valence-corrected chi connectivity index (χ0v) is 22.7. The molecule has 9 heteroatoms. The molecule has 1 N–H and O–H groups in total. The van der Waals surface area contributed by atoms with Crippen molar-refractivity contribution in [2.45, 2.75) is 26.4 Å². The fourth-order valence-electron chi connectivity index (χ4n) is 4.49. The van der Waals surface area contributed by atoms with Crippen molar-refractivity contribution in [1.29, 1.82) is 0 Å². The average Bonchev–Trinajstić information content (AvgIpc) is 2.95. The first-order valence-corrected chi connectivity index (χ1v) is 12.7. The second-order valence-electron chi connectivity index (χ2n) is 9.27. The van der Waals surface area contributed by atoms with Crippen LogP contribution in [0.4, 0.5) is 0 Å². The molecule has 1 aromatic heterocycles. The number of ether oxygens (including phenoxy) is 3. The Hall–Kier alpha value is -4.37. The highest BCUT2D eigenvalue weighted by Crippen LogP contribution is 2.30. The third-order valence-corrected chi connectivity index (χ3v) is 6.52. The third kappa shape index (κ3) is 6.21. The molecule has 0 fully saturated rings. The molecule has 0 aliphatic heterocycles. The van der Waals surface area contributed by atoms with Gasteiger partial charge >= 0.3 is 5.69 Å². The lowest BCUT2D eigenvalue weighted by molar-refractivity contribution is 0.0948. The van der Waals surface area contributed by atoms with Crippen LogP contribution in [0.5, 0.6) is 11.5 Å². The summed E-state index contributed by atoms with van der Waals surface area (Å²) in [5, 5.41) is 3.19. The van der Waals surface area contributed by atoms with Gasteiger partial charge in [-0.05, 0) is 42.7 Å². The van der Waals surface area contributed by atoms with Crippen molar-refractivity contribution in [2.24, 2.45) is 0 Å². The minimum absolute atomic E-state index is 0.0471. The van der Waals surface area contributed by atoms with Gasteiger partial charge in [-0.15, -0.1) is 0 Å². The number of carbonyl (C=O) groups is 1. The van der Waals surface area contributed by atoms with E-state index >= 15 is 0 Å². The van der Waals surface area contributed by atoms with E-state index in [1.165, 1.54) is 18.8 Å². The Bertz CT molecular complexity index is 1590. The van der Waals surface area contributed by atoms with Crippen LogP contribution < -0.4 is 26.0 Å². The topological polar surface area (TPSA) is 101 Å². The molecule has 0 unspecified atom stereocenters. The summed E-state index contributed by atoms with van der Waals surface area (Å²) in [6.45, 7) is 3.39. The van der Waals surface area contributed by atoms with Gasteiger partial charge in [-0.2, -0.15) is 0 Å². The number of nitrogens with one attached hydrogen (secondary N) is 1. The molecule has 0 saturated heterocycles. The summed E-state index contributed by atoms with van der Waals surface area (Å²) in [7, 11) is 4.63. The zero-order chi connectivity index (χ0) is 27.9. The average molecular weight is 532 g/mol. The van der Waals surface area contributed by atoms with Gasteiger partial charge in [0.05, 0.1) is 38.2 Å². The highest BCUT2D eigenvalue weighted by Gasteiger charge is 2.18. The van der Waals surface area contributed by atoms with Crippen molar-refractivity contribution in [1.82, 2.24) is 14.5 Å². The fraction of sp³-hybridized carbons (Fsp3) is 0.300. The van der Waals surface area contributed by atoms with E-state index in [1.807, 2.05) is 31.2 Å². The quantitative estimate of drug-likeness (QED) is 0.298. The maximum absolute atomic E-state index is 13.8. The molecule has 0 bridgehead atoms. The summed E-state index contributed by atoms with van der Waals surface area (Å²) in [5.74, 6) is 0.632. The minimum Gasteiger partial charge on any atom is -0.493 e. The number of carbonyl (C=O) groups excluding carboxylic acids is 1. The molecule has 39 heavy (non-hydrogen) atoms. The summed E-state index contributed by atoms with van der Waals surface area (Å²) in [4.78, 5) is 39.8. The number of methoxy groups -OCH3 is 3. The third-order valence-electron chi connectivity index (χ3n) is 6.52. The summed E-state index contributed by atoms with van der Waals surface area (Å²) in [6.07, 6.45) is 0.719. The Morgan fingerprint density at radius 3 is 2.21 bits per heavy atom. The van der Waals surface area contributed by atoms with Gasteiger partial charge in [-0.1, -0.05) is 42.0 Å². The van der Waals surface area contributed by atoms with E-state index in [4.69, 9.17) is 14.2 Å². The molecule has 0 aliphatic rings. The molecule has 0 atom stereocenters. The zero-order valence-electron chi connectivity index (χ0n) is 22.7. The SMILES string of the molecule is COCCCNC(=O)c1ccc(Cn2c(=O)c3cc(OC)c(OC)cc3n(Cc3cccc(C)c3)c2=O)cc1. The minimum atomic E-state index is -0.443. The highest BCUT2D eigenvalue weighted by molar-refractivity contribution is 5.94. The number of hydrogen-bond donors (Lipinski definition) is 1. The van der Waals surface area contributed by atoms with E-state index in [2.05, 4.69) is 5.32 Å². The lowest BCUT2D eigenvalue weighted by atomic mass is 10.1. The number of nitrogens with zero attached hydrogens (tertiary/aromatic N) is 2. The molecule has 1 heterocycles. The standard InChI is InChI=1S/C30H33N3O6/c1-20-7-5-8-22(15-20)19-32-25-17-27(39-4)26(38-3)16-24(25)29(35)33(30(32)36)18-21-9-11-23(12-10-21)28(34)31-13-6-14-37-2/h5,7-12,15-17H,6,13-14,18-19H2,1-4H3,(H,31,34). The number of benzene rings is 3. The molecule has 0 saturated carbocycles. The van der Waals surface area contributed by atoms with Gasteiger partial charge in [-0.25, -0.2) is 4.79 Å². The van der Waals surface area contributed by atoms with Crippen LogP contribution in [0.2, 0.25) is 0 Å². The number of rotatable bonds is 11. The van der Waals surface area contributed by atoms with Gasteiger partial charge in [0.2, 0.25) is 0 Å². The van der Waals surface area contributed by atoms with Gasteiger partial charge in [0, 0.05) is 31.9 Å². The van der Waals surface area contributed by atoms with Gasteiger partial charge in [0.15, 0.2) is 11.5 Å². The molecular weight excluding hydrogens is 498 g/mol. The Morgan fingerprint density at radius 1 is 0.846 bits per heavy atom. The monoisotopic (exact) mass is 531 g/mol. The Balaban J connectivity index is 1.74. The molecule has 204 valence electrons. The normalized spacial score (nSPS) is 11.0. The van der Waals surface area contributed by atoms with E-state index in [0.29, 0.717) is 46.7 Å². The number of aryl methyl sites for hydroxylation is 1. The molecule has 0 radical (unpaired) electrons. The molecule has 4 aromatic rings. The second-order valence-corrected chi connectivity index (χ2v) is 9.27. The largest absolute Gasteiger partial charge is 0.493 e. The molecule has 9 nitrogen and oxygen atoms in total. The van der Waals surface area contributed by atoms with Crippen LogP contribution in [0.1, 0.15) is 33.5 Å². The first-order chi connectivity index (χ1) is 18.9. The van der Waals surface area contributed by atoms with Crippen LogP contribution in [0.3, 0.4) is 0 Å². The van der Waals surface area contributed by atoms with Crippen LogP contribution in [-0.2, 0) is 17.8 Å². The van der Waals surface area contributed by atoms with Crippen molar-refractivity contribution in [3.8, 4) is 11.5 Å². The summed E-state index contributed by atoms with van der Waals surface area (Å²) in [6, 6.07) is 18.0. The lowest BCUT2D eigenvalue weighted by Crippen LogP contribution is -2.40. The molecule has 4 rings (SSSR count). The van der Waals surface area contributed by atoms with Crippen molar-refractivity contribution < 1.29 is 19.0 Å². The molecule has 0 spiro atoms. The van der Waals surface area contributed by atoms with E-state index in [1.54, 1.807) is 48.1 Å². The number of amides is 1. The van der Waals surface area contributed by atoms with Crippen LogP contribution in [0.25, 0.3) is 10.9 Å². The second kappa shape index (κ2) is 12.4. The van der Waals surface area contributed by atoms with Crippen LogP contribution >= 0.6 is 0 Å². The lowest BCUT2D eigenvalue weighted by Gasteiger charge is -2.17. The molecule has 3 aromatic carbocycles. The van der Waals surface area contributed by atoms with Crippen LogP contribution in [-0.4, -0.2) is 49.5 Å². The number of aromatic nitrogens is 2. The summed E-state index contributed by atoms with van der Waals surface area (Å²) in [5.41, 5.74) is 2.79. The number of fused-ring (bicyclic) bond motifs is 1. The van der Waals surface area contributed by atoms with Crippen LogP contribution in [0.15, 0.2) is 70.3 Å². The molecule has 1 amide bonds. The first kappa shape index (κ1) is 27.7. The molecule has 0 aliphatic carbocycles. The summed E-state index contributed by atoms with van der Waals surface area (Å²) < 4.78 is 18.7. The van der Waals surface area contributed by atoms with Gasteiger partial charge in [0.25, 0.3) is 11.5 Å². The van der Waals surface area contributed by atoms with E-state index in [0.717, 1.165) is 17.5 Å². The maximum atomic E-state index is 13.8. The molecular formula is C30H33N3O6. The van der Waals surface area contributed by atoms with Crippen molar-refractivity contribution >= 4 is 16.8 Å². The number of hydrogen-bond acceptors (Lipinski definition) is 6. The van der Waals surface area contributed by atoms with Gasteiger partial charge in [0.1, 0.15) is 0 Å². The predicted molar refractivity (Wildman–Crippen MR) is 150 cm³/mol. The van der Waals surface area contributed by atoms with E-state index < -0.39 is 11.2 Å². The first-order valence-electron chi connectivity index (χ1n) is 12.7. The van der Waals surface area contributed by atoms with E-state index in [9.17, 15) is 14.4 Å². The van der Waals surface area contributed by atoms with Crippen molar-refractivity contribution in [2.75, 3.05) is 34.5 Å². The van der Waals surface area contributed by atoms with Crippen molar-refractivity contribution in [3.05, 3.63) is 104 Å². The summed E-state index contributed by atoms with van der Waals surface area (Å²) >= 11 is 0. The Morgan fingerprint density at radius 2 is 1.54 bits per heavy atom. The Kier molecular flexibility index (Phi) is 8.83. The van der Waals surface area contributed by atoms with Crippen LogP contribution in [0, 0.1) is 6.92 Å². The van der Waals surface area contributed by atoms with Gasteiger partial charge in [-0.3, -0.25) is 18.7 Å². The van der Waals surface area contributed by atoms with E-state index in [-0.39, 0.29) is 19.0 Å².